The van der Waals surface area contributed by atoms with Gasteiger partial charge in [0.05, 0.1) is 20.8 Å². The number of hydrogen-bond acceptors (Lipinski definition) is 7. The first kappa shape index (κ1) is 22.3. The van der Waals surface area contributed by atoms with Crippen LogP contribution in [0.3, 0.4) is 0 Å². The van der Waals surface area contributed by atoms with Crippen molar-refractivity contribution in [3.63, 3.8) is 0 Å². The van der Waals surface area contributed by atoms with Crippen LogP contribution in [0.5, 0.6) is 11.5 Å². The van der Waals surface area contributed by atoms with Gasteiger partial charge in [-0.1, -0.05) is 6.07 Å². The van der Waals surface area contributed by atoms with Crippen molar-refractivity contribution < 1.29 is 18.7 Å². The molecule has 0 fully saturated rings. The first-order valence-corrected chi connectivity index (χ1v) is 10.1. The van der Waals surface area contributed by atoms with Crippen LogP contribution in [-0.2, 0) is 19.6 Å². The van der Waals surface area contributed by atoms with E-state index in [1.54, 1.807) is 26.6 Å². The van der Waals surface area contributed by atoms with Crippen LogP contribution in [-0.4, -0.2) is 41.0 Å². The lowest BCUT2D eigenvalue weighted by Gasteiger charge is -2.26. The van der Waals surface area contributed by atoms with Gasteiger partial charge in [-0.2, -0.15) is 0 Å². The highest BCUT2D eigenvalue weighted by Crippen LogP contribution is 2.26. The first-order valence-electron chi connectivity index (χ1n) is 10.1. The average molecular weight is 425 g/mol. The Morgan fingerprint density at radius 1 is 1.13 bits per heavy atom. The molecule has 3 rings (SSSR count). The molecule has 0 aliphatic rings. The average Bonchev–Trinajstić information content (AvgIpc) is 3.26. The van der Waals surface area contributed by atoms with E-state index in [0.29, 0.717) is 25.5 Å². The van der Waals surface area contributed by atoms with Crippen LogP contribution >= 0.6 is 0 Å². The zero-order valence-electron chi connectivity index (χ0n) is 18.3. The molecule has 1 amide bonds. The van der Waals surface area contributed by atoms with Crippen molar-refractivity contribution in [1.29, 1.82) is 0 Å². The van der Waals surface area contributed by atoms with E-state index in [-0.39, 0.29) is 17.6 Å². The Balaban J connectivity index is 1.64. The molecule has 0 aliphatic heterocycles. The standard InChI is InChI=1S/C23H28N4O4/c1-16(2)27(13-18-5-6-19(29-3)11-21(18)30-4)14-22-26-20(15-31-22)23(28)25-12-17-7-9-24-10-8-17/h5-11,15-16H,12-14H2,1-4H3,(H,25,28). The van der Waals surface area contributed by atoms with Gasteiger partial charge in [0.25, 0.3) is 5.91 Å². The number of nitrogens with zero attached hydrogens (tertiary/aromatic N) is 3. The molecule has 2 heterocycles. The molecule has 0 saturated heterocycles. The Morgan fingerprint density at radius 2 is 1.90 bits per heavy atom. The maximum atomic E-state index is 12.4. The molecule has 8 heteroatoms. The van der Waals surface area contributed by atoms with Crippen LogP contribution in [0.25, 0.3) is 0 Å². The van der Waals surface area contributed by atoms with E-state index in [0.717, 1.165) is 22.6 Å². The zero-order valence-corrected chi connectivity index (χ0v) is 18.3. The highest BCUT2D eigenvalue weighted by Gasteiger charge is 2.18. The molecule has 0 radical (unpaired) electrons. The molecule has 8 nitrogen and oxygen atoms in total. The number of ether oxygens (including phenoxy) is 2. The lowest BCUT2D eigenvalue weighted by Crippen LogP contribution is -2.30. The van der Waals surface area contributed by atoms with Gasteiger partial charge < -0.3 is 19.2 Å². The molecule has 3 aromatic rings. The number of carbonyl (C=O) groups is 1. The van der Waals surface area contributed by atoms with E-state index in [9.17, 15) is 4.79 Å². The topological polar surface area (TPSA) is 89.7 Å². The smallest absolute Gasteiger partial charge is 0.273 e. The molecule has 1 N–H and O–H groups in total. The van der Waals surface area contributed by atoms with Crippen LogP contribution in [0.15, 0.2) is 53.4 Å². The Bertz CT molecular complexity index is 988. The summed E-state index contributed by atoms with van der Waals surface area (Å²) in [7, 11) is 3.27. The number of pyridine rings is 1. The minimum atomic E-state index is -0.278. The van der Waals surface area contributed by atoms with E-state index in [1.807, 2.05) is 30.3 Å². The third-order valence-corrected chi connectivity index (χ3v) is 4.92. The second-order valence-corrected chi connectivity index (χ2v) is 7.34. The summed E-state index contributed by atoms with van der Waals surface area (Å²) >= 11 is 0. The van der Waals surface area contributed by atoms with Crippen molar-refractivity contribution in [2.45, 2.75) is 39.5 Å². The number of nitrogens with one attached hydrogen (secondary N) is 1. The molecule has 0 unspecified atom stereocenters. The van der Waals surface area contributed by atoms with Crippen molar-refractivity contribution in [3.05, 3.63) is 71.7 Å². The van der Waals surface area contributed by atoms with Crippen molar-refractivity contribution in [1.82, 2.24) is 20.2 Å². The minimum Gasteiger partial charge on any atom is -0.497 e. The minimum absolute atomic E-state index is 0.225. The maximum Gasteiger partial charge on any atom is 0.273 e. The molecule has 2 aromatic heterocycles. The monoisotopic (exact) mass is 424 g/mol. The van der Waals surface area contributed by atoms with Crippen molar-refractivity contribution in [2.75, 3.05) is 14.2 Å². The molecular weight excluding hydrogens is 396 g/mol. The van der Waals surface area contributed by atoms with Gasteiger partial charge in [-0.3, -0.25) is 14.7 Å². The SMILES string of the molecule is COc1ccc(CN(Cc2nc(C(=O)NCc3ccncc3)co2)C(C)C)c(OC)c1. The van der Waals surface area contributed by atoms with Crippen LogP contribution in [0.4, 0.5) is 0 Å². The molecule has 0 aliphatic carbocycles. The number of oxazole rings is 1. The summed E-state index contributed by atoms with van der Waals surface area (Å²) < 4.78 is 16.4. The van der Waals surface area contributed by atoms with E-state index < -0.39 is 0 Å². The highest BCUT2D eigenvalue weighted by atomic mass is 16.5. The first-order chi connectivity index (χ1) is 15.0. The molecule has 0 spiro atoms. The summed E-state index contributed by atoms with van der Waals surface area (Å²) in [4.78, 5) is 22.9. The summed E-state index contributed by atoms with van der Waals surface area (Å²) in [5, 5.41) is 2.84. The fourth-order valence-corrected chi connectivity index (χ4v) is 3.06. The molecular formula is C23H28N4O4. The highest BCUT2D eigenvalue weighted by molar-refractivity contribution is 5.91. The van der Waals surface area contributed by atoms with Gasteiger partial charge in [-0.15, -0.1) is 0 Å². The predicted molar refractivity (Wildman–Crippen MR) is 116 cm³/mol. The molecule has 164 valence electrons. The fourth-order valence-electron chi connectivity index (χ4n) is 3.06. The van der Waals surface area contributed by atoms with E-state index in [4.69, 9.17) is 13.9 Å². The van der Waals surface area contributed by atoms with Gasteiger partial charge in [0.2, 0.25) is 5.89 Å². The maximum absolute atomic E-state index is 12.4. The van der Waals surface area contributed by atoms with Crippen molar-refractivity contribution >= 4 is 5.91 Å². The Labute approximate surface area is 182 Å². The molecule has 0 atom stereocenters. The lowest BCUT2D eigenvalue weighted by atomic mass is 10.1. The van der Waals surface area contributed by atoms with Crippen LogP contribution in [0, 0.1) is 0 Å². The van der Waals surface area contributed by atoms with Crippen LogP contribution < -0.4 is 14.8 Å². The van der Waals surface area contributed by atoms with Gasteiger partial charge in [-0.05, 0) is 37.6 Å². The molecule has 1 aromatic carbocycles. The summed E-state index contributed by atoms with van der Waals surface area (Å²) in [5.74, 6) is 1.70. The van der Waals surface area contributed by atoms with Crippen LogP contribution in [0.2, 0.25) is 0 Å². The molecule has 0 saturated carbocycles. The third-order valence-electron chi connectivity index (χ3n) is 4.92. The number of carbonyl (C=O) groups excluding carboxylic acids is 1. The van der Waals surface area contributed by atoms with Gasteiger partial charge in [-0.25, -0.2) is 4.98 Å². The van der Waals surface area contributed by atoms with E-state index >= 15 is 0 Å². The van der Waals surface area contributed by atoms with Crippen LogP contribution in [0.1, 0.15) is 41.4 Å². The predicted octanol–water partition coefficient (Wildman–Crippen LogP) is 3.43. The van der Waals surface area contributed by atoms with Gasteiger partial charge >= 0.3 is 0 Å². The van der Waals surface area contributed by atoms with Crippen molar-refractivity contribution in [2.24, 2.45) is 0 Å². The second-order valence-electron chi connectivity index (χ2n) is 7.34. The number of rotatable bonds is 10. The number of amides is 1. The Hall–Kier alpha value is -3.39. The second kappa shape index (κ2) is 10.6. The molecule has 0 bridgehead atoms. The largest absolute Gasteiger partial charge is 0.497 e. The van der Waals surface area contributed by atoms with Gasteiger partial charge in [0, 0.05) is 43.2 Å². The molecule has 31 heavy (non-hydrogen) atoms. The summed E-state index contributed by atoms with van der Waals surface area (Å²) in [5.41, 5.74) is 2.25. The number of aromatic nitrogens is 2. The normalized spacial score (nSPS) is 11.0. The number of benzene rings is 1. The van der Waals surface area contributed by atoms with E-state index in [1.165, 1.54) is 6.26 Å². The van der Waals surface area contributed by atoms with Crippen molar-refractivity contribution in [3.8, 4) is 11.5 Å². The third kappa shape index (κ3) is 6.05. The summed E-state index contributed by atoms with van der Waals surface area (Å²) in [6, 6.07) is 9.69. The fraction of sp³-hybridized carbons (Fsp3) is 0.348. The Morgan fingerprint density at radius 3 is 2.58 bits per heavy atom. The Kier molecular flexibility index (Phi) is 7.61. The van der Waals surface area contributed by atoms with Gasteiger partial charge in [0.1, 0.15) is 17.8 Å². The summed E-state index contributed by atoms with van der Waals surface area (Å²) in [6.45, 7) is 5.70. The number of methoxy groups -OCH3 is 2. The zero-order chi connectivity index (χ0) is 22.2. The lowest BCUT2D eigenvalue weighted by molar-refractivity contribution is 0.0945. The summed E-state index contributed by atoms with van der Waals surface area (Å²) in [6.07, 6.45) is 4.77. The van der Waals surface area contributed by atoms with Gasteiger partial charge in [0.15, 0.2) is 5.69 Å². The quantitative estimate of drug-likeness (QED) is 0.533. The number of hydrogen-bond donors (Lipinski definition) is 1. The van der Waals surface area contributed by atoms with E-state index in [2.05, 4.69) is 34.0 Å².